The minimum atomic E-state index is -0.0902. The van der Waals surface area contributed by atoms with Crippen molar-refractivity contribution in [2.75, 3.05) is 42.3 Å². The minimum Gasteiger partial charge on any atom is -0.383 e. The number of aromatic nitrogens is 2. The molecular formula is C12H17N5O2. The lowest BCUT2D eigenvalue weighted by Crippen LogP contribution is -2.38. The Morgan fingerprint density at radius 2 is 2.11 bits per heavy atom. The van der Waals surface area contributed by atoms with Gasteiger partial charge in [0.15, 0.2) is 0 Å². The van der Waals surface area contributed by atoms with E-state index < -0.39 is 0 Å². The van der Waals surface area contributed by atoms with E-state index in [0.29, 0.717) is 37.2 Å². The van der Waals surface area contributed by atoms with E-state index in [4.69, 9.17) is 10.5 Å². The zero-order valence-corrected chi connectivity index (χ0v) is 10.8. The second-order valence-electron chi connectivity index (χ2n) is 4.93. The van der Waals surface area contributed by atoms with E-state index in [9.17, 15) is 4.79 Å². The van der Waals surface area contributed by atoms with Crippen LogP contribution >= 0.6 is 0 Å². The zero-order chi connectivity index (χ0) is 13.4. The molecule has 0 spiro atoms. The van der Waals surface area contributed by atoms with E-state index in [1.54, 1.807) is 0 Å². The molecule has 0 aliphatic carbocycles. The van der Waals surface area contributed by atoms with Gasteiger partial charge in [-0.2, -0.15) is 9.97 Å². The Bertz CT molecular complexity index is 513. The largest absolute Gasteiger partial charge is 0.383 e. The van der Waals surface area contributed by atoms with Gasteiger partial charge in [-0.3, -0.25) is 4.79 Å². The van der Waals surface area contributed by atoms with E-state index in [0.717, 1.165) is 18.7 Å². The average molecular weight is 263 g/mol. The summed E-state index contributed by atoms with van der Waals surface area (Å²) < 4.78 is 5.30. The molecule has 1 unspecified atom stereocenters. The fourth-order valence-electron chi connectivity index (χ4n) is 2.34. The number of carbonyl (C=O) groups is 1. The Balaban J connectivity index is 1.94. The molecule has 1 atom stereocenters. The highest BCUT2D eigenvalue weighted by Crippen LogP contribution is 2.29. The number of nitrogen functional groups attached to an aromatic ring is 1. The summed E-state index contributed by atoms with van der Waals surface area (Å²) in [5.74, 6) is 1.47. The number of nitrogens with one attached hydrogen (secondary N) is 1. The van der Waals surface area contributed by atoms with Crippen molar-refractivity contribution in [1.29, 1.82) is 0 Å². The Labute approximate surface area is 111 Å². The fourth-order valence-corrected chi connectivity index (χ4v) is 2.34. The lowest BCUT2D eigenvalue weighted by Gasteiger charge is -2.29. The Kier molecular flexibility index (Phi) is 2.98. The normalized spacial score (nSPS) is 22.9. The number of nitrogens with two attached hydrogens (primary N) is 1. The topological polar surface area (TPSA) is 93.4 Å². The summed E-state index contributed by atoms with van der Waals surface area (Å²) in [5.41, 5.74) is 6.83. The summed E-state index contributed by atoms with van der Waals surface area (Å²) in [6.07, 6.45) is 0.594. The molecule has 102 valence electrons. The van der Waals surface area contributed by atoms with Crippen molar-refractivity contribution < 1.29 is 9.53 Å². The molecule has 1 saturated heterocycles. The van der Waals surface area contributed by atoms with Crippen LogP contribution in [0.5, 0.6) is 0 Å². The van der Waals surface area contributed by atoms with Gasteiger partial charge in [0.05, 0.1) is 13.2 Å². The van der Waals surface area contributed by atoms with Crippen LogP contribution in [0, 0.1) is 5.92 Å². The number of fused-ring (bicyclic) bond motifs is 1. The van der Waals surface area contributed by atoms with E-state index in [-0.39, 0.29) is 11.8 Å². The summed E-state index contributed by atoms with van der Waals surface area (Å²) in [7, 11) is 0. The zero-order valence-electron chi connectivity index (χ0n) is 10.8. The maximum Gasteiger partial charge on any atom is 0.229 e. The van der Waals surface area contributed by atoms with Crippen LogP contribution in [0.4, 0.5) is 17.6 Å². The number of hydrogen-bond acceptors (Lipinski definition) is 6. The van der Waals surface area contributed by atoms with E-state index in [2.05, 4.69) is 15.3 Å². The van der Waals surface area contributed by atoms with Gasteiger partial charge in [-0.15, -0.1) is 0 Å². The molecule has 2 aliphatic rings. The third-order valence-electron chi connectivity index (χ3n) is 3.52. The van der Waals surface area contributed by atoms with Gasteiger partial charge in [0, 0.05) is 24.6 Å². The van der Waals surface area contributed by atoms with Gasteiger partial charge in [0.1, 0.15) is 11.6 Å². The van der Waals surface area contributed by atoms with Gasteiger partial charge in [-0.1, -0.05) is 6.92 Å². The predicted molar refractivity (Wildman–Crippen MR) is 71.0 cm³/mol. The Morgan fingerprint density at radius 3 is 2.84 bits per heavy atom. The number of morpholine rings is 1. The van der Waals surface area contributed by atoms with Crippen LogP contribution in [0.3, 0.4) is 0 Å². The standard InChI is InChI=1S/C12H17N5O2/c1-7-6-8-9(13)14-12(16-10(8)15-11(7)18)17-2-4-19-5-3-17/h7H,2-6H2,1H3,(H3,13,14,15,16,18). The summed E-state index contributed by atoms with van der Waals surface area (Å²) in [6.45, 7) is 4.66. The SMILES string of the molecule is CC1Cc2c(N)nc(N3CCOCC3)nc2NC1=O. The first-order valence-electron chi connectivity index (χ1n) is 6.45. The second-order valence-corrected chi connectivity index (χ2v) is 4.93. The molecular weight excluding hydrogens is 246 g/mol. The van der Waals surface area contributed by atoms with Crippen molar-refractivity contribution in [3.8, 4) is 0 Å². The van der Waals surface area contributed by atoms with Gasteiger partial charge in [0.2, 0.25) is 11.9 Å². The smallest absolute Gasteiger partial charge is 0.229 e. The Hall–Kier alpha value is -1.89. The molecule has 7 nitrogen and oxygen atoms in total. The van der Waals surface area contributed by atoms with Crippen LogP contribution in [-0.4, -0.2) is 42.2 Å². The van der Waals surface area contributed by atoms with Gasteiger partial charge < -0.3 is 20.7 Å². The summed E-state index contributed by atoms with van der Waals surface area (Å²) in [4.78, 5) is 22.5. The van der Waals surface area contributed by atoms with Crippen molar-refractivity contribution in [1.82, 2.24) is 9.97 Å². The maximum atomic E-state index is 11.7. The highest BCUT2D eigenvalue weighted by Gasteiger charge is 2.27. The van der Waals surface area contributed by atoms with Crippen LogP contribution in [0.1, 0.15) is 12.5 Å². The average Bonchev–Trinajstić information content (AvgIpc) is 2.42. The fraction of sp³-hybridized carbons (Fsp3) is 0.583. The maximum absolute atomic E-state index is 11.7. The third-order valence-corrected chi connectivity index (χ3v) is 3.52. The number of rotatable bonds is 1. The van der Waals surface area contributed by atoms with Crippen LogP contribution in [0.15, 0.2) is 0 Å². The lowest BCUT2D eigenvalue weighted by atomic mass is 9.97. The number of ether oxygens (including phenoxy) is 1. The number of carbonyl (C=O) groups excluding carboxylic acids is 1. The van der Waals surface area contributed by atoms with Gasteiger partial charge in [-0.25, -0.2) is 0 Å². The molecule has 0 saturated carbocycles. The molecule has 0 radical (unpaired) electrons. The highest BCUT2D eigenvalue weighted by molar-refractivity contribution is 5.95. The van der Waals surface area contributed by atoms with Crippen molar-refractivity contribution >= 4 is 23.5 Å². The number of hydrogen-bond donors (Lipinski definition) is 2. The number of amides is 1. The summed E-state index contributed by atoms with van der Waals surface area (Å²) >= 11 is 0. The van der Waals surface area contributed by atoms with Crippen LogP contribution < -0.4 is 16.0 Å². The molecule has 1 aromatic rings. The second kappa shape index (κ2) is 4.65. The molecule has 2 aliphatic heterocycles. The number of anilines is 3. The van der Waals surface area contributed by atoms with Crippen molar-refractivity contribution in [3.05, 3.63) is 5.56 Å². The lowest BCUT2D eigenvalue weighted by molar-refractivity contribution is -0.119. The van der Waals surface area contributed by atoms with Gasteiger partial charge >= 0.3 is 0 Å². The highest BCUT2D eigenvalue weighted by atomic mass is 16.5. The first-order valence-corrected chi connectivity index (χ1v) is 6.45. The van der Waals surface area contributed by atoms with Crippen molar-refractivity contribution in [2.24, 2.45) is 5.92 Å². The molecule has 1 aromatic heterocycles. The Morgan fingerprint density at radius 1 is 1.37 bits per heavy atom. The quantitative estimate of drug-likeness (QED) is 0.742. The van der Waals surface area contributed by atoms with Crippen molar-refractivity contribution in [2.45, 2.75) is 13.3 Å². The molecule has 7 heteroatoms. The van der Waals surface area contributed by atoms with Crippen molar-refractivity contribution in [3.63, 3.8) is 0 Å². The molecule has 0 bridgehead atoms. The minimum absolute atomic E-state index is 0.0153. The van der Waals surface area contributed by atoms with Gasteiger partial charge in [0.25, 0.3) is 0 Å². The van der Waals surface area contributed by atoms with Crippen LogP contribution in [0.25, 0.3) is 0 Å². The third kappa shape index (κ3) is 2.21. The monoisotopic (exact) mass is 263 g/mol. The molecule has 1 amide bonds. The molecule has 3 N–H and O–H groups in total. The van der Waals surface area contributed by atoms with Crippen LogP contribution in [0.2, 0.25) is 0 Å². The molecule has 3 rings (SSSR count). The first-order chi connectivity index (χ1) is 9.15. The summed E-state index contributed by atoms with van der Waals surface area (Å²) in [5, 5.41) is 2.80. The molecule has 19 heavy (non-hydrogen) atoms. The molecule has 3 heterocycles. The number of nitrogens with zero attached hydrogens (tertiary/aromatic N) is 3. The molecule has 1 fully saturated rings. The van der Waals surface area contributed by atoms with Gasteiger partial charge in [-0.05, 0) is 6.42 Å². The first kappa shape index (κ1) is 12.2. The van der Waals surface area contributed by atoms with E-state index in [1.807, 2.05) is 11.8 Å². The van der Waals surface area contributed by atoms with E-state index >= 15 is 0 Å². The molecule has 0 aromatic carbocycles. The predicted octanol–water partition coefficient (Wildman–Crippen LogP) is 0.0261. The van der Waals surface area contributed by atoms with Crippen LogP contribution in [-0.2, 0) is 16.0 Å². The summed E-state index contributed by atoms with van der Waals surface area (Å²) in [6, 6.07) is 0. The van der Waals surface area contributed by atoms with E-state index in [1.165, 1.54) is 0 Å².